The largest absolute Gasteiger partial charge is 0.326 e. The Morgan fingerprint density at radius 3 is 3.05 bits per heavy atom. The molecule has 98 valence electrons. The van der Waals surface area contributed by atoms with E-state index in [1.807, 2.05) is 24.3 Å². The number of rotatable bonds is 2. The van der Waals surface area contributed by atoms with Crippen molar-refractivity contribution in [1.29, 1.82) is 0 Å². The molecule has 1 atom stereocenters. The molecule has 3 rings (SSSR count). The zero-order chi connectivity index (χ0) is 13.2. The van der Waals surface area contributed by atoms with Gasteiger partial charge >= 0.3 is 0 Å². The third-order valence-corrected chi connectivity index (χ3v) is 3.83. The van der Waals surface area contributed by atoms with Crippen LogP contribution in [-0.4, -0.2) is 21.3 Å². The van der Waals surface area contributed by atoms with Gasteiger partial charge in [-0.1, -0.05) is 22.0 Å². The van der Waals surface area contributed by atoms with Gasteiger partial charge in [0.1, 0.15) is 0 Å². The molecule has 1 unspecified atom stereocenters. The maximum absolute atomic E-state index is 12.2. The first-order valence-electron chi connectivity index (χ1n) is 6.17. The molecule has 1 aromatic carbocycles. The number of hydrogen-bond acceptors (Lipinski definition) is 3. The van der Waals surface area contributed by atoms with Gasteiger partial charge in [0.25, 0.3) is 0 Å². The smallest absolute Gasteiger partial charge is 0.227 e. The number of aryl methyl sites for hydroxylation is 1. The van der Waals surface area contributed by atoms with Crippen LogP contribution in [0.2, 0.25) is 0 Å². The maximum atomic E-state index is 12.2. The fourth-order valence-corrected chi connectivity index (χ4v) is 2.72. The fraction of sp³-hybridized carbons (Fsp3) is 0.308. The van der Waals surface area contributed by atoms with Crippen molar-refractivity contribution in [3.8, 4) is 0 Å². The van der Waals surface area contributed by atoms with E-state index < -0.39 is 0 Å². The van der Waals surface area contributed by atoms with Gasteiger partial charge in [0.2, 0.25) is 5.91 Å². The van der Waals surface area contributed by atoms with Crippen LogP contribution in [0.5, 0.6) is 0 Å². The Hall–Kier alpha value is -1.69. The number of halogens is 1. The Kier molecular flexibility index (Phi) is 3.33. The molecule has 2 N–H and O–H groups in total. The van der Waals surface area contributed by atoms with Crippen LogP contribution < -0.4 is 5.32 Å². The number of anilines is 1. The Morgan fingerprint density at radius 1 is 1.37 bits per heavy atom. The Balaban J connectivity index is 1.69. The molecule has 0 spiro atoms. The van der Waals surface area contributed by atoms with Gasteiger partial charge in [-0.25, -0.2) is 0 Å². The SMILES string of the molecule is O=C(Nc1cccc(Br)c1)C1CCc2n[nH]nc2C1. The lowest BCUT2D eigenvalue weighted by molar-refractivity contribution is -0.120. The number of benzene rings is 1. The molecule has 19 heavy (non-hydrogen) atoms. The van der Waals surface area contributed by atoms with Crippen molar-refractivity contribution in [1.82, 2.24) is 15.4 Å². The zero-order valence-electron chi connectivity index (χ0n) is 10.2. The lowest BCUT2D eigenvalue weighted by atomic mass is 9.89. The monoisotopic (exact) mass is 320 g/mol. The van der Waals surface area contributed by atoms with E-state index in [1.54, 1.807) is 0 Å². The van der Waals surface area contributed by atoms with Gasteiger partial charge < -0.3 is 5.32 Å². The molecule has 1 aromatic heterocycles. The molecule has 0 saturated carbocycles. The van der Waals surface area contributed by atoms with Crippen LogP contribution in [-0.2, 0) is 17.6 Å². The summed E-state index contributed by atoms with van der Waals surface area (Å²) in [4.78, 5) is 12.2. The van der Waals surface area contributed by atoms with Gasteiger partial charge in [0.15, 0.2) is 0 Å². The first-order valence-corrected chi connectivity index (χ1v) is 6.96. The van der Waals surface area contributed by atoms with Crippen molar-refractivity contribution in [2.45, 2.75) is 19.3 Å². The van der Waals surface area contributed by atoms with Crippen LogP contribution in [0, 0.1) is 5.92 Å². The highest BCUT2D eigenvalue weighted by Gasteiger charge is 2.27. The summed E-state index contributed by atoms with van der Waals surface area (Å²) in [5.41, 5.74) is 2.72. The molecule has 0 aliphatic heterocycles. The normalized spacial score (nSPS) is 17.8. The predicted octanol–water partition coefficient (Wildman–Crippen LogP) is 2.31. The number of nitrogens with zero attached hydrogens (tertiary/aromatic N) is 2. The molecule has 1 aliphatic rings. The summed E-state index contributed by atoms with van der Waals surface area (Å²) in [6.07, 6.45) is 2.29. The van der Waals surface area contributed by atoms with Crippen molar-refractivity contribution < 1.29 is 4.79 Å². The van der Waals surface area contributed by atoms with Crippen molar-refractivity contribution in [2.75, 3.05) is 5.32 Å². The molecule has 6 heteroatoms. The highest BCUT2D eigenvalue weighted by Crippen LogP contribution is 2.24. The van der Waals surface area contributed by atoms with Crippen molar-refractivity contribution in [3.63, 3.8) is 0 Å². The van der Waals surface area contributed by atoms with Crippen LogP contribution in [0.1, 0.15) is 17.8 Å². The van der Waals surface area contributed by atoms with E-state index in [0.717, 1.165) is 34.4 Å². The van der Waals surface area contributed by atoms with E-state index in [1.165, 1.54) is 0 Å². The van der Waals surface area contributed by atoms with Crippen LogP contribution in [0.15, 0.2) is 28.7 Å². The number of hydrogen-bond donors (Lipinski definition) is 2. The predicted molar refractivity (Wildman–Crippen MR) is 74.7 cm³/mol. The van der Waals surface area contributed by atoms with E-state index in [2.05, 4.69) is 36.7 Å². The molecule has 0 bridgehead atoms. The highest BCUT2D eigenvalue weighted by molar-refractivity contribution is 9.10. The van der Waals surface area contributed by atoms with E-state index in [-0.39, 0.29) is 11.8 Å². The van der Waals surface area contributed by atoms with Crippen LogP contribution in [0.3, 0.4) is 0 Å². The molecule has 0 radical (unpaired) electrons. The molecule has 0 fully saturated rings. The van der Waals surface area contributed by atoms with Gasteiger partial charge in [0.05, 0.1) is 11.4 Å². The minimum Gasteiger partial charge on any atom is -0.326 e. The summed E-state index contributed by atoms with van der Waals surface area (Å²) in [7, 11) is 0. The molecule has 1 heterocycles. The van der Waals surface area contributed by atoms with Crippen LogP contribution in [0.4, 0.5) is 5.69 Å². The van der Waals surface area contributed by atoms with Gasteiger partial charge in [0, 0.05) is 22.5 Å². The van der Waals surface area contributed by atoms with Gasteiger partial charge in [-0.3, -0.25) is 4.79 Å². The molecular formula is C13H13BrN4O. The average molecular weight is 321 g/mol. The van der Waals surface area contributed by atoms with E-state index in [4.69, 9.17) is 0 Å². The minimum atomic E-state index is -0.0309. The van der Waals surface area contributed by atoms with E-state index in [9.17, 15) is 4.79 Å². The summed E-state index contributed by atoms with van der Waals surface area (Å²) in [5.74, 6) is 0.0170. The van der Waals surface area contributed by atoms with Crippen molar-refractivity contribution in [3.05, 3.63) is 40.1 Å². The quantitative estimate of drug-likeness (QED) is 0.892. The first-order chi connectivity index (χ1) is 9.22. The summed E-state index contributed by atoms with van der Waals surface area (Å²) in [6, 6.07) is 7.60. The van der Waals surface area contributed by atoms with Crippen LogP contribution in [0.25, 0.3) is 0 Å². The third-order valence-electron chi connectivity index (χ3n) is 3.34. The number of carbonyl (C=O) groups is 1. The summed E-state index contributed by atoms with van der Waals surface area (Å²) in [6.45, 7) is 0. The lowest BCUT2D eigenvalue weighted by Gasteiger charge is -2.19. The second kappa shape index (κ2) is 5.13. The minimum absolute atomic E-state index is 0.0309. The van der Waals surface area contributed by atoms with Gasteiger partial charge in [-0.15, -0.1) is 0 Å². The number of carbonyl (C=O) groups excluding carboxylic acids is 1. The molecule has 1 aliphatic carbocycles. The van der Waals surface area contributed by atoms with E-state index >= 15 is 0 Å². The number of H-pyrrole nitrogens is 1. The molecule has 2 aromatic rings. The lowest BCUT2D eigenvalue weighted by Crippen LogP contribution is -2.28. The Bertz CT molecular complexity index is 610. The summed E-state index contributed by atoms with van der Waals surface area (Å²) >= 11 is 3.39. The number of amides is 1. The number of aromatic nitrogens is 3. The standard InChI is InChI=1S/C13H13BrN4O/c14-9-2-1-3-10(7-9)15-13(19)8-4-5-11-12(6-8)17-18-16-11/h1-3,7-8H,4-6H2,(H,15,19)(H,16,17,18). The Labute approximate surface area is 118 Å². The van der Waals surface area contributed by atoms with E-state index in [0.29, 0.717) is 6.42 Å². The van der Waals surface area contributed by atoms with Crippen molar-refractivity contribution in [2.24, 2.45) is 5.92 Å². The zero-order valence-corrected chi connectivity index (χ0v) is 11.8. The molecular weight excluding hydrogens is 308 g/mol. The third kappa shape index (κ3) is 2.68. The summed E-state index contributed by atoms with van der Waals surface area (Å²) < 4.78 is 0.952. The van der Waals surface area contributed by atoms with Crippen LogP contribution >= 0.6 is 15.9 Å². The number of nitrogens with one attached hydrogen (secondary N) is 2. The second-order valence-electron chi connectivity index (χ2n) is 4.66. The molecule has 1 amide bonds. The van der Waals surface area contributed by atoms with Gasteiger partial charge in [-0.2, -0.15) is 15.4 Å². The Morgan fingerprint density at radius 2 is 2.21 bits per heavy atom. The fourth-order valence-electron chi connectivity index (χ4n) is 2.32. The number of fused-ring (bicyclic) bond motifs is 1. The topological polar surface area (TPSA) is 70.7 Å². The molecule has 0 saturated heterocycles. The second-order valence-corrected chi connectivity index (χ2v) is 5.57. The van der Waals surface area contributed by atoms with Gasteiger partial charge in [-0.05, 0) is 31.0 Å². The number of aromatic amines is 1. The summed E-state index contributed by atoms with van der Waals surface area (Å²) in [5, 5.41) is 13.7. The average Bonchev–Trinajstić information content (AvgIpc) is 2.85. The first kappa shape index (κ1) is 12.3. The highest BCUT2D eigenvalue weighted by atomic mass is 79.9. The van der Waals surface area contributed by atoms with Crippen molar-refractivity contribution >= 4 is 27.5 Å². The maximum Gasteiger partial charge on any atom is 0.227 e. The molecule has 5 nitrogen and oxygen atoms in total.